The van der Waals surface area contributed by atoms with Crippen LogP contribution in [0.25, 0.3) is 0 Å². The average Bonchev–Trinajstić information content (AvgIpc) is 2.96. The van der Waals surface area contributed by atoms with Crippen molar-refractivity contribution in [3.8, 4) is 0 Å². The van der Waals surface area contributed by atoms with E-state index < -0.39 is 0 Å². The number of carbonyl (C=O) groups is 1. The third kappa shape index (κ3) is 3.69. The highest BCUT2D eigenvalue weighted by Crippen LogP contribution is 2.52. The summed E-state index contributed by atoms with van der Waals surface area (Å²) >= 11 is 0. The van der Waals surface area contributed by atoms with E-state index in [2.05, 4.69) is 20.2 Å². The Morgan fingerprint density at radius 1 is 1.42 bits per heavy atom. The van der Waals surface area contributed by atoms with Crippen molar-refractivity contribution in [3.05, 3.63) is 18.5 Å². The summed E-state index contributed by atoms with van der Waals surface area (Å²) in [6.07, 6.45) is 8.10. The van der Waals surface area contributed by atoms with Crippen molar-refractivity contribution in [1.82, 2.24) is 15.3 Å². The van der Waals surface area contributed by atoms with E-state index in [1.807, 2.05) is 19.9 Å². The standard InChI is InChI=1S/C18H28N4O2/c1-14(2)24-11-5-10-19-16(23)15-12-22(13-18(15)6-3-7-18)17-20-8-4-9-21-17/h4,8-9,14-15H,3,5-7,10-13H2,1-2H3,(H,19,23). The molecule has 0 bridgehead atoms. The Kier molecular flexibility index (Phi) is 5.33. The summed E-state index contributed by atoms with van der Waals surface area (Å²) in [5.41, 5.74) is 0.123. The second-order valence-corrected chi connectivity index (χ2v) is 7.26. The number of nitrogens with one attached hydrogen (secondary N) is 1. The lowest BCUT2D eigenvalue weighted by molar-refractivity contribution is -0.129. The van der Waals surface area contributed by atoms with Gasteiger partial charge in [0.2, 0.25) is 11.9 Å². The number of ether oxygens (including phenoxy) is 1. The lowest BCUT2D eigenvalue weighted by atomic mass is 9.62. The molecule has 132 valence electrons. The Labute approximate surface area is 144 Å². The SMILES string of the molecule is CC(C)OCCCNC(=O)C1CN(c2ncccn2)CC12CCC2. The molecule has 1 aromatic rings. The van der Waals surface area contributed by atoms with Crippen LogP contribution in [0, 0.1) is 11.3 Å². The summed E-state index contributed by atoms with van der Waals surface area (Å²) in [4.78, 5) is 23.6. The van der Waals surface area contributed by atoms with Gasteiger partial charge in [0.25, 0.3) is 0 Å². The van der Waals surface area contributed by atoms with Gasteiger partial charge in [0.15, 0.2) is 0 Å². The molecule has 1 aromatic heterocycles. The van der Waals surface area contributed by atoms with Crippen LogP contribution in [0.2, 0.25) is 0 Å². The molecule has 1 unspecified atom stereocenters. The number of aromatic nitrogens is 2. The number of carbonyl (C=O) groups excluding carboxylic acids is 1. The van der Waals surface area contributed by atoms with Gasteiger partial charge in [0.1, 0.15) is 0 Å². The Morgan fingerprint density at radius 3 is 2.79 bits per heavy atom. The van der Waals surface area contributed by atoms with Crippen LogP contribution in [0.5, 0.6) is 0 Å². The molecule has 2 aliphatic rings. The third-order valence-corrected chi connectivity index (χ3v) is 5.22. The lowest BCUT2D eigenvalue weighted by Gasteiger charge is -2.41. The number of anilines is 1. The molecular weight excluding hydrogens is 304 g/mol. The molecule has 1 atom stereocenters. The fourth-order valence-electron chi connectivity index (χ4n) is 3.80. The molecule has 0 aromatic carbocycles. The highest BCUT2D eigenvalue weighted by Gasteiger charge is 2.53. The van der Waals surface area contributed by atoms with Gasteiger partial charge in [0.05, 0.1) is 12.0 Å². The first-order chi connectivity index (χ1) is 11.6. The minimum atomic E-state index is 0.0427. The largest absolute Gasteiger partial charge is 0.379 e. The van der Waals surface area contributed by atoms with E-state index in [-0.39, 0.29) is 23.3 Å². The summed E-state index contributed by atoms with van der Waals surface area (Å²) in [7, 11) is 0. The maximum Gasteiger partial charge on any atom is 0.225 e. The quantitative estimate of drug-likeness (QED) is 0.774. The fourth-order valence-corrected chi connectivity index (χ4v) is 3.80. The smallest absolute Gasteiger partial charge is 0.225 e. The molecule has 2 heterocycles. The van der Waals surface area contributed by atoms with E-state index in [4.69, 9.17) is 4.74 Å². The Balaban J connectivity index is 1.54. The van der Waals surface area contributed by atoms with Crippen molar-refractivity contribution in [3.63, 3.8) is 0 Å². The molecule has 1 saturated heterocycles. The number of hydrogen-bond donors (Lipinski definition) is 1. The zero-order valence-corrected chi connectivity index (χ0v) is 14.7. The van der Waals surface area contributed by atoms with Gasteiger partial charge in [-0.3, -0.25) is 4.79 Å². The van der Waals surface area contributed by atoms with E-state index in [0.717, 1.165) is 38.3 Å². The Bertz CT molecular complexity index is 545. The van der Waals surface area contributed by atoms with Crippen LogP contribution in [0.15, 0.2) is 18.5 Å². The second-order valence-electron chi connectivity index (χ2n) is 7.26. The van der Waals surface area contributed by atoms with Gasteiger partial charge in [-0.1, -0.05) is 6.42 Å². The Hall–Kier alpha value is -1.69. The monoisotopic (exact) mass is 332 g/mol. The van der Waals surface area contributed by atoms with Crippen LogP contribution in [0.4, 0.5) is 5.95 Å². The summed E-state index contributed by atoms with van der Waals surface area (Å²) < 4.78 is 5.52. The maximum absolute atomic E-state index is 12.7. The first-order valence-corrected chi connectivity index (χ1v) is 9.02. The molecule has 1 amide bonds. The summed E-state index contributed by atoms with van der Waals surface area (Å²) in [6, 6.07) is 1.82. The molecule has 0 radical (unpaired) electrons. The minimum Gasteiger partial charge on any atom is -0.379 e. The maximum atomic E-state index is 12.7. The van der Waals surface area contributed by atoms with Crippen LogP contribution in [0.1, 0.15) is 39.5 Å². The van der Waals surface area contributed by atoms with E-state index in [0.29, 0.717) is 13.2 Å². The van der Waals surface area contributed by atoms with E-state index in [1.165, 1.54) is 6.42 Å². The van der Waals surface area contributed by atoms with Crippen LogP contribution >= 0.6 is 0 Å². The molecule has 24 heavy (non-hydrogen) atoms. The molecule has 6 nitrogen and oxygen atoms in total. The molecule has 1 aliphatic heterocycles. The minimum absolute atomic E-state index is 0.0427. The van der Waals surface area contributed by atoms with Gasteiger partial charge in [-0.15, -0.1) is 0 Å². The molecule has 3 rings (SSSR count). The van der Waals surface area contributed by atoms with E-state index >= 15 is 0 Å². The van der Waals surface area contributed by atoms with Crippen LogP contribution in [-0.4, -0.2) is 48.2 Å². The first-order valence-electron chi connectivity index (χ1n) is 9.02. The number of hydrogen-bond acceptors (Lipinski definition) is 5. The van der Waals surface area contributed by atoms with Crippen molar-refractivity contribution in [1.29, 1.82) is 0 Å². The third-order valence-electron chi connectivity index (χ3n) is 5.22. The molecule has 6 heteroatoms. The van der Waals surface area contributed by atoms with Crippen molar-refractivity contribution >= 4 is 11.9 Å². The predicted molar refractivity (Wildman–Crippen MR) is 92.7 cm³/mol. The Morgan fingerprint density at radius 2 is 2.17 bits per heavy atom. The normalized spacial score (nSPS) is 22.0. The van der Waals surface area contributed by atoms with Crippen molar-refractivity contribution in [2.75, 3.05) is 31.1 Å². The predicted octanol–water partition coefficient (Wildman–Crippen LogP) is 2.01. The van der Waals surface area contributed by atoms with Crippen molar-refractivity contribution in [2.24, 2.45) is 11.3 Å². The lowest BCUT2D eigenvalue weighted by Crippen LogP contribution is -2.45. The van der Waals surface area contributed by atoms with Gasteiger partial charge >= 0.3 is 0 Å². The van der Waals surface area contributed by atoms with Crippen LogP contribution in [0.3, 0.4) is 0 Å². The highest BCUT2D eigenvalue weighted by molar-refractivity contribution is 5.81. The van der Waals surface area contributed by atoms with Crippen LogP contribution < -0.4 is 10.2 Å². The van der Waals surface area contributed by atoms with Gasteiger partial charge in [-0.05, 0) is 39.2 Å². The number of amides is 1. The average molecular weight is 332 g/mol. The molecule has 1 aliphatic carbocycles. The first kappa shape index (κ1) is 17.1. The fraction of sp³-hybridized carbons (Fsp3) is 0.722. The molecule has 1 spiro atoms. The van der Waals surface area contributed by atoms with Crippen LogP contribution in [-0.2, 0) is 9.53 Å². The molecule has 1 saturated carbocycles. The van der Waals surface area contributed by atoms with Gasteiger partial charge in [-0.2, -0.15) is 0 Å². The zero-order chi connectivity index (χ0) is 17.0. The van der Waals surface area contributed by atoms with Gasteiger partial charge in [0, 0.05) is 44.0 Å². The van der Waals surface area contributed by atoms with E-state index in [1.54, 1.807) is 12.4 Å². The summed E-state index contributed by atoms with van der Waals surface area (Å²) in [5.74, 6) is 0.961. The second kappa shape index (κ2) is 7.47. The van der Waals surface area contributed by atoms with Gasteiger partial charge in [-0.25, -0.2) is 9.97 Å². The topological polar surface area (TPSA) is 67.3 Å². The molecule has 1 N–H and O–H groups in total. The molecule has 2 fully saturated rings. The number of nitrogens with zero attached hydrogens (tertiary/aromatic N) is 3. The summed E-state index contributed by atoms with van der Waals surface area (Å²) in [6.45, 7) is 7.04. The van der Waals surface area contributed by atoms with Crippen molar-refractivity contribution < 1.29 is 9.53 Å². The number of rotatable bonds is 7. The van der Waals surface area contributed by atoms with Gasteiger partial charge < -0.3 is 15.0 Å². The molecular formula is C18H28N4O2. The highest BCUT2D eigenvalue weighted by atomic mass is 16.5. The summed E-state index contributed by atoms with van der Waals surface area (Å²) in [5, 5.41) is 3.11. The van der Waals surface area contributed by atoms with E-state index in [9.17, 15) is 4.79 Å². The zero-order valence-electron chi connectivity index (χ0n) is 14.7. The van der Waals surface area contributed by atoms with Crippen molar-refractivity contribution in [2.45, 2.75) is 45.6 Å².